The molecule has 2 fully saturated rings. The molecule has 23 heavy (non-hydrogen) atoms. The van der Waals surface area contributed by atoms with Crippen LogP contribution in [0.5, 0.6) is 0 Å². The van der Waals surface area contributed by atoms with E-state index in [1.807, 2.05) is 0 Å². The van der Waals surface area contributed by atoms with Crippen molar-refractivity contribution in [1.29, 1.82) is 0 Å². The number of amides is 4. The predicted molar refractivity (Wildman–Crippen MR) is 77.7 cm³/mol. The van der Waals surface area contributed by atoms with Crippen LogP contribution in [0.2, 0.25) is 0 Å². The normalized spacial score (nSPS) is 31.4. The first kappa shape index (κ1) is 15.6. The number of aldehydes is 1. The maximum atomic E-state index is 11.9. The Bertz CT molecular complexity index is 582. The number of imide groups is 2. The zero-order valence-corrected chi connectivity index (χ0v) is 12.7. The fourth-order valence-corrected chi connectivity index (χ4v) is 3.70. The largest absolute Gasteiger partial charge is 0.301 e. The predicted octanol–water partition coefficient (Wildman–Crippen LogP) is 0.188. The molecule has 0 unspecified atom stereocenters. The molecule has 0 spiro atoms. The molecule has 0 aromatic carbocycles. The lowest BCUT2D eigenvalue weighted by atomic mass is 9.76. The van der Waals surface area contributed by atoms with Crippen molar-refractivity contribution in [2.24, 2.45) is 5.92 Å². The minimum atomic E-state index is -1.04. The van der Waals surface area contributed by atoms with Crippen LogP contribution in [0, 0.1) is 5.92 Å². The molecule has 122 valence electrons. The summed E-state index contributed by atoms with van der Waals surface area (Å²) >= 11 is 0. The number of hydrogen-bond donors (Lipinski definition) is 0. The van der Waals surface area contributed by atoms with Crippen molar-refractivity contribution in [3.63, 3.8) is 0 Å². The van der Waals surface area contributed by atoms with Crippen molar-refractivity contribution in [1.82, 2.24) is 9.80 Å². The fourth-order valence-electron chi connectivity index (χ4n) is 3.70. The second-order valence-corrected chi connectivity index (χ2v) is 6.41. The van der Waals surface area contributed by atoms with Crippen molar-refractivity contribution in [3.8, 4) is 0 Å². The summed E-state index contributed by atoms with van der Waals surface area (Å²) in [6, 6.07) is 0. The second kappa shape index (κ2) is 5.72. The van der Waals surface area contributed by atoms with Gasteiger partial charge in [0.2, 0.25) is 11.8 Å². The third-order valence-electron chi connectivity index (χ3n) is 5.03. The van der Waals surface area contributed by atoms with Crippen LogP contribution in [-0.4, -0.2) is 51.8 Å². The maximum absolute atomic E-state index is 11.9. The Morgan fingerprint density at radius 3 is 2.00 bits per heavy atom. The summed E-state index contributed by atoms with van der Waals surface area (Å²) in [5, 5.41) is 0. The molecule has 0 aromatic heterocycles. The van der Waals surface area contributed by atoms with Gasteiger partial charge in [0.25, 0.3) is 11.8 Å². The van der Waals surface area contributed by atoms with E-state index in [0.717, 1.165) is 11.2 Å². The van der Waals surface area contributed by atoms with Gasteiger partial charge < -0.3 is 4.79 Å². The van der Waals surface area contributed by atoms with E-state index in [2.05, 4.69) is 0 Å². The molecule has 3 aliphatic rings. The third-order valence-corrected chi connectivity index (χ3v) is 5.03. The van der Waals surface area contributed by atoms with Crippen LogP contribution in [-0.2, 0) is 24.0 Å². The SMILES string of the molecule is O=CC1(N2C(=O)CCC2=O)CCC(CN2C(=O)C=CC2=O)CC1. The Morgan fingerprint density at radius 1 is 1.00 bits per heavy atom. The average molecular weight is 318 g/mol. The molecule has 0 radical (unpaired) electrons. The molecule has 7 heteroatoms. The molecular formula is C16H18N2O5. The smallest absolute Gasteiger partial charge is 0.253 e. The molecule has 0 atom stereocenters. The molecule has 2 heterocycles. The van der Waals surface area contributed by atoms with Gasteiger partial charge in [-0.05, 0) is 31.6 Å². The molecule has 2 aliphatic heterocycles. The molecule has 0 aromatic rings. The summed E-state index contributed by atoms with van der Waals surface area (Å²) < 4.78 is 0. The minimum Gasteiger partial charge on any atom is -0.301 e. The molecule has 0 bridgehead atoms. The Kier molecular flexibility index (Phi) is 3.87. The lowest BCUT2D eigenvalue weighted by Crippen LogP contribution is -2.55. The van der Waals surface area contributed by atoms with Gasteiger partial charge in [0.05, 0.1) is 0 Å². The van der Waals surface area contributed by atoms with Crippen molar-refractivity contribution in [3.05, 3.63) is 12.2 Å². The van der Waals surface area contributed by atoms with E-state index in [1.54, 1.807) is 0 Å². The molecule has 4 amide bonds. The molecule has 0 N–H and O–H groups in total. The monoisotopic (exact) mass is 318 g/mol. The minimum absolute atomic E-state index is 0.0867. The van der Waals surface area contributed by atoms with Crippen LogP contribution in [0.3, 0.4) is 0 Å². The van der Waals surface area contributed by atoms with Gasteiger partial charge in [0, 0.05) is 31.5 Å². The topological polar surface area (TPSA) is 91.8 Å². The Hall–Kier alpha value is -2.31. The summed E-state index contributed by atoms with van der Waals surface area (Å²) in [5.41, 5.74) is -1.04. The lowest BCUT2D eigenvalue weighted by molar-refractivity contribution is -0.151. The number of rotatable bonds is 4. The van der Waals surface area contributed by atoms with Gasteiger partial charge in [-0.25, -0.2) is 0 Å². The van der Waals surface area contributed by atoms with Gasteiger partial charge >= 0.3 is 0 Å². The van der Waals surface area contributed by atoms with Crippen LogP contribution in [0.4, 0.5) is 0 Å². The number of nitrogens with zero attached hydrogens (tertiary/aromatic N) is 2. The van der Waals surface area contributed by atoms with Gasteiger partial charge in [0.1, 0.15) is 11.8 Å². The third kappa shape index (κ3) is 2.60. The molecule has 1 saturated heterocycles. The number of carbonyl (C=O) groups excluding carboxylic acids is 5. The standard InChI is InChI=1S/C16H18N2O5/c19-10-16(18-14(22)3-4-15(18)23)7-5-11(6-8-16)9-17-12(20)1-2-13(17)21/h1-2,10-11H,3-9H2. The van der Waals surface area contributed by atoms with E-state index in [9.17, 15) is 24.0 Å². The van der Waals surface area contributed by atoms with E-state index >= 15 is 0 Å². The quantitative estimate of drug-likeness (QED) is 0.545. The number of hydrogen-bond acceptors (Lipinski definition) is 5. The fraction of sp³-hybridized carbons (Fsp3) is 0.562. The number of likely N-dealkylation sites (tertiary alicyclic amines) is 1. The zero-order valence-electron chi connectivity index (χ0n) is 12.7. The first-order valence-electron chi connectivity index (χ1n) is 7.82. The summed E-state index contributed by atoms with van der Waals surface area (Å²) in [6.45, 7) is 0.321. The second-order valence-electron chi connectivity index (χ2n) is 6.41. The Balaban J connectivity index is 1.66. The van der Waals surface area contributed by atoms with Gasteiger partial charge in [-0.15, -0.1) is 0 Å². The van der Waals surface area contributed by atoms with E-state index in [0.29, 0.717) is 32.2 Å². The Labute approximate surface area is 133 Å². The van der Waals surface area contributed by atoms with Crippen LogP contribution < -0.4 is 0 Å². The van der Waals surface area contributed by atoms with Crippen LogP contribution in [0.1, 0.15) is 38.5 Å². The van der Waals surface area contributed by atoms with Crippen LogP contribution in [0.15, 0.2) is 12.2 Å². The van der Waals surface area contributed by atoms with Gasteiger partial charge in [-0.1, -0.05) is 0 Å². The highest BCUT2D eigenvalue weighted by Gasteiger charge is 2.48. The van der Waals surface area contributed by atoms with E-state index < -0.39 is 5.54 Å². The van der Waals surface area contributed by atoms with E-state index in [4.69, 9.17) is 0 Å². The highest BCUT2D eigenvalue weighted by Crippen LogP contribution is 2.38. The van der Waals surface area contributed by atoms with Crippen LogP contribution >= 0.6 is 0 Å². The summed E-state index contributed by atoms with van der Waals surface area (Å²) in [7, 11) is 0. The van der Waals surface area contributed by atoms with Gasteiger partial charge in [-0.2, -0.15) is 0 Å². The number of carbonyl (C=O) groups is 5. The van der Waals surface area contributed by atoms with E-state index in [1.165, 1.54) is 17.1 Å². The zero-order chi connectivity index (χ0) is 16.6. The van der Waals surface area contributed by atoms with Crippen molar-refractivity contribution < 1.29 is 24.0 Å². The maximum Gasteiger partial charge on any atom is 0.253 e. The van der Waals surface area contributed by atoms with E-state index in [-0.39, 0.29) is 42.4 Å². The molecule has 7 nitrogen and oxygen atoms in total. The lowest BCUT2D eigenvalue weighted by Gasteiger charge is -2.41. The highest BCUT2D eigenvalue weighted by atomic mass is 16.2. The Morgan fingerprint density at radius 2 is 1.52 bits per heavy atom. The molecule has 1 aliphatic carbocycles. The highest BCUT2D eigenvalue weighted by molar-refractivity contribution is 6.12. The summed E-state index contributed by atoms with van der Waals surface area (Å²) in [6.07, 6.45) is 5.52. The van der Waals surface area contributed by atoms with Crippen molar-refractivity contribution in [2.45, 2.75) is 44.1 Å². The van der Waals surface area contributed by atoms with Crippen molar-refractivity contribution in [2.75, 3.05) is 6.54 Å². The molecule has 3 rings (SSSR count). The summed E-state index contributed by atoms with van der Waals surface area (Å²) in [4.78, 5) is 61.1. The van der Waals surface area contributed by atoms with Gasteiger partial charge in [0.15, 0.2) is 0 Å². The first-order valence-corrected chi connectivity index (χ1v) is 7.82. The van der Waals surface area contributed by atoms with Crippen molar-refractivity contribution >= 4 is 29.9 Å². The summed E-state index contributed by atoms with van der Waals surface area (Å²) in [5.74, 6) is -1.10. The molecular weight excluding hydrogens is 300 g/mol. The van der Waals surface area contributed by atoms with Crippen LogP contribution in [0.25, 0.3) is 0 Å². The molecule has 1 saturated carbocycles. The average Bonchev–Trinajstić information content (AvgIpc) is 3.05. The first-order chi connectivity index (χ1) is 11.0. The van der Waals surface area contributed by atoms with Gasteiger partial charge in [-0.3, -0.25) is 29.0 Å².